The third-order valence-corrected chi connectivity index (χ3v) is 5.91. The molecule has 0 radical (unpaired) electrons. The van der Waals surface area contributed by atoms with Gasteiger partial charge in [-0.1, -0.05) is 19.1 Å². The molecule has 34 heavy (non-hydrogen) atoms. The zero-order chi connectivity index (χ0) is 24.2. The van der Waals surface area contributed by atoms with Crippen molar-refractivity contribution in [2.24, 2.45) is 5.92 Å². The molecule has 0 aliphatic carbocycles. The third kappa shape index (κ3) is 4.79. The van der Waals surface area contributed by atoms with Crippen molar-refractivity contribution in [3.05, 3.63) is 65.5 Å². The fourth-order valence-electron chi connectivity index (χ4n) is 4.21. The van der Waals surface area contributed by atoms with Gasteiger partial charge in [0.05, 0.1) is 20.3 Å². The fraction of sp³-hybridized carbons (Fsp3) is 0.360. The number of aromatic nitrogens is 2. The summed E-state index contributed by atoms with van der Waals surface area (Å²) in [5.41, 5.74) is 1.45. The average molecular weight is 469 g/mol. The Kier molecular flexibility index (Phi) is 6.93. The molecule has 180 valence electrons. The van der Waals surface area contributed by atoms with E-state index in [0.29, 0.717) is 41.4 Å². The molecule has 9 heteroatoms. The SMILES string of the molecule is CCc1c(OC)cc([C@@H](O)[C@@H](CC2Oc3ccccc3O2)Cn2ccc(C(=O)O)n2)cc1OC. The zero-order valence-corrected chi connectivity index (χ0v) is 19.3. The van der Waals surface area contributed by atoms with Gasteiger partial charge in [-0.2, -0.15) is 5.10 Å². The number of aromatic carboxylic acids is 1. The Morgan fingerprint density at radius 3 is 2.24 bits per heavy atom. The minimum atomic E-state index is -1.11. The minimum Gasteiger partial charge on any atom is -0.496 e. The number of aliphatic hydroxyl groups excluding tert-OH is 1. The Morgan fingerprint density at radius 1 is 1.12 bits per heavy atom. The molecule has 0 spiro atoms. The molecule has 0 bridgehead atoms. The number of aliphatic hydroxyl groups is 1. The molecular weight excluding hydrogens is 440 g/mol. The van der Waals surface area contributed by atoms with Crippen LogP contribution in [0.1, 0.15) is 41.1 Å². The number of para-hydroxylation sites is 2. The van der Waals surface area contributed by atoms with Crippen molar-refractivity contribution >= 4 is 5.97 Å². The first-order valence-electron chi connectivity index (χ1n) is 11.0. The summed E-state index contributed by atoms with van der Waals surface area (Å²) in [6.45, 7) is 2.25. The first-order chi connectivity index (χ1) is 16.4. The number of methoxy groups -OCH3 is 2. The Morgan fingerprint density at radius 2 is 1.74 bits per heavy atom. The summed E-state index contributed by atoms with van der Waals surface area (Å²) < 4.78 is 24.5. The highest BCUT2D eigenvalue weighted by Gasteiger charge is 2.32. The number of carboxylic acid groups (broad SMARTS) is 1. The van der Waals surface area contributed by atoms with E-state index in [2.05, 4.69) is 5.10 Å². The number of benzene rings is 2. The lowest BCUT2D eigenvalue weighted by molar-refractivity contribution is -0.00793. The summed E-state index contributed by atoms with van der Waals surface area (Å²) in [4.78, 5) is 11.3. The number of rotatable bonds is 10. The van der Waals surface area contributed by atoms with Crippen LogP contribution in [0.5, 0.6) is 23.0 Å². The molecule has 0 unspecified atom stereocenters. The first-order valence-corrected chi connectivity index (χ1v) is 11.0. The predicted molar refractivity (Wildman–Crippen MR) is 123 cm³/mol. The van der Waals surface area contributed by atoms with Crippen molar-refractivity contribution in [2.45, 2.75) is 38.7 Å². The van der Waals surface area contributed by atoms with E-state index in [1.807, 2.05) is 31.2 Å². The smallest absolute Gasteiger partial charge is 0.356 e. The van der Waals surface area contributed by atoms with Gasteiger partial charge in [0.1, 0.15) is 11.5 Å². The molecular formula is C25H28N2O7. The van der Waals surface area contributed by atoms with Crippen molar-refractivity contribution in [2.75, 3.05) is 14.2 Å². The van der Waals surface area contributed by atoms with Crippen molar-refractivity contribution in [1.29, 1.82) is 0 Å². The van der Waals surface area contributed by atoms with Crippen LogP contribution in [-0.2, 0) is 13.0 Å². The lowest BCUT2D eigenvalue weighted by Crippen LogP contribution is -2.28. The van der Waals surface area contributed by atoms with Gasteiger partial charge in [0.15, 0.2) is 17.2 Å². The molecule has 2 heterocycles. The second-order valence-corrected chi connectivity index (χ2v) is 8.04. The molecule has 4 rings (SSSR count). The standard InChI is InChI=1S/C25H28N2O7/c1-4-17-21(31-2)11-15(12-22(17)32-3)24(28)16(14-27-10-9-18(26-27)25(29)30)13-23-33-19-7-5-6-8-20(19)34-23/h5-12,16,23-24,28H,4,13-14H2,1-3H3,(H,29,30)/t16-,24+/m0/s1. The average Bonchev–Trinajstić information content (AvgIpc) is 3.48. The molecule has 1 aliphatic rings. The molecule has 2 N–H and O–H groups in total. The maximum atomic E-state index is 11.5. The quantitative estimate of drug-likeness (QED) is 0.463. The largest absolute Gasteiger partial charge is 0.496 e. The van der Waals surface area contributed by atoms with E-state index >= 15 is 0 Å². The molecule has 0 fully saturated rings. The Balaban J connectivity index is 1.63. The van der Waals surface area contributed by atoms with Crippen molar-refractivity contribution < 1.29 is 34.0 Å². The number of carbonyl (C=O) groups is 1. The summed E-state index contributed by atoms with van der Waals surface area (Å²) in [5.74, 6) is 0.999. The van der Waals surface area contributed by atoms with E-state index in [4.69, 9.17) is 18.9 Å². The van der Waals surface area contributed by atoms with E-state index in [1.54, 1.807) is 32.5 Å². The zero-order valence-electron chi connectivity index (χ0n) is 19.3. The topological polar surface area (TPSA) is 112 Å². The van der Waals surface area contributed by atoms with Gasteiger partial charge in [0.2, 0.25) is 6.29 Å². The molecule has 9 nitrogen and oxygen atoms in total. The Bertz CT molecular complexity index is 1110. The van der Waals surface area contributed by atoms with Crippen molar-refractivity contribution in [3.8, 4) is 23.0 Å². The van der Waals surface area contributed by atoms with Crippen LogP contribution in [0.2, 0.25) is 0 Å². The maximum Gasteiger partial charge on any atom is 0.356 e. The maximum absolute atomic E-state index is 11.5. The normalized spacial score (nSPS) is 14.6. The molecule has 0 amide bonds. The van der Waals surface area contributed by atoms with Crippen LogP contribution in [0, 0.1) is 5.92 Å². The van der Waals surface area contributed by atoms with Gasteiger partial charge >= 0.3 is 5.97 Å². The van der Waals surface area contributed by atoms with Crippen LogP contribution < -0.4 is 18.9 Å². The monoisotopic (exact) mass is 468 g/mol. The highest BCUT2D eigenvalue weighted by Crippen LogP contribution is 2.40. The summed E-state index contributed by atoms with van der Waals surface area (Å²) in [6.07, 6.45) is 1.06. The minimum absolute atomic E-state index is 0.0651. The van der Waals surface area contributed by atoms with Crippen LogP contribution in [0.4, 0.5) is 0 Å². The van der Waals surface area contributed by atoms with Gasteiger partial charge in [-0.25, -0.2) is 4.79 Å². The molecule has 2 aromatic carbocycles. The summed E-state index contributed by atoms with van der Waals surface area (Å²) in [5, 5.41) is 24.8. The summed E-state index contributed by atoms with van der Waals surface area (Å²) in [6, 6.07) is 12.4. The van der Waals surface area contributed by atoms with E-state index in [1.165, 1.54) is 10.7 Å². The number of fused-ring (bicyclic) bond motifs is 1. The Labute approximate surface area is 197 Å². The highest BCUT2D eigenvalue weighted by molar-refractivity contribution is 5.85. The third-order valence-electron chi connectivity index (χ3n) is 5.91. The summed E-state index contributed by atoms with van der Waals surface area (Å²) >= 11 is 0. The van der Waals surface area contributed by atoms with Crippen LogP contribution in [0.25, 0.3) is 0 Å². The number of ether oxygens (including phenoxy) is 4. The van der Waals surface area contributed by atoms with E-state index < -0.39 is 24.3 Å². The van der Waals surface area contributed by atoms with Crippen LogP contribution >= 0.6 is 0 Å². The van der Waals surface area contributed by atoms with Gasteiger partial charge in [-0.05, 0) is 42.3 Å². The lowest BCUT2D eigenvalue weighted by Gasteiger charge is -2.26. The molecule has 0 saturated heterocycles. The van der Waals surface area contributed by atoms with Crippen molar-refractivity contribution in [1.82, 2.24) is 9.78 Å². The van der Waals surface area contributed by atoms with E-state index in [9.17, 15) is 15.0 Å². The van der Waals surface area contributed by atoms with Gasteiger partial charge in [-0.15, -0.1) is 0 Å². The van der Waals surface area contributed by atoms with E-state index in [0.717, 1.165) is 5.56 Å². The predicted octanol–water partition coefficient (Wildman–Crippen LogP) is 3.70. The number of carboxylic acids is 1. The summed E-state index contributed by atoms with van der Waals surface area (Å²) in [7, 11) is 3.16. The molecule has 1 aliphatic heterocycles. The van der Waals surface area contributed by atoms with Gasteiger partial charge in [0, 0.05) is 30.6 Å². The van der Waals surface area contributed by atoms with Crippen molar-refractivity contribution in [3.63, 3.8) is 0 Å². The van der Waals surface area contributed by atoms with Crippen LogP contribution in [0.15, 0.2) is 48.7 Å². The van der Waals surface area contributed by atoms with Crippen LogP contribution in [-0.4, -0.2) is 46.5 Å². The Hall–Kier alpha value is -3.72. The second kappa shape index (κ2) is 10.0. The van der Waals surface area contributed by atoms with Gasteiger partial charge in [0.25, 0.3) is 0 Å². The second-order valence-electron chi connectivity index (χ2n) is 8.04. The number of hydrogen-bond acceptors (Lipinski definition) is 7. The lowest BCUT2D eigenvalue weighted by atomic mass is 9.91. The number of nitrogens with zero attached hydrogens (tertiary/aromatic N) is 2. The highest BCUT2D eigenvalue weighted by atomic mass is 16.7. The number of hydrogen-bond donors (Lipinski definition) is 2. The fourth-order valence-corrected chi connectivity index (χ4v) is 4.21. The molecule has 0 saturated carbocycles. The van der Waals surface area contributed by atoms with Gasteiger partial charge < -0.3 is 29.2 Å². The molecule has 3 aromatic rings. The first kappa shape index (κ1) is 23.4. The molecule has 2 atom stereocenters. The van der Waals surface area contributed by atoms with Gasteiger partial charge in [-0.3, -0.25) is 4.68 Å². The molecule has 1 aromatic heterocycles. The van der Waals surface area contributed by atoms with E-state index in [-0.39, 0.29) is 12.2 Å². The van der Waals surface area contributed by atoms with Crippen LogP contribution in [0.3, 0.4) is 0 Å².